The fraction of sp³-hybridized carbons (Fsp3) is 0.143. The van der Waals surface area contributed by atoms with Crippen molar-refractivity contribution in [1.82, 2.24) is 0 Å². The highest BCUT2D eigenvalue weighted by Crippen LogP contribution is 2.32. The topological polar surface area (TPSA) is 0 Å². The van der Waals surface area contributed by atoms with Crippen LogP contribution < -0.4 is 0 Å². The predicted octanol–water partition coefficient (Wildman–Crippen LogP) is 6.03. The molecular weight excluding hydrogens is 427 g/mol. The largest absolute Gasteiger partial charge is 0.205 e. The third-order valence-electron chi connectivity index (χ3n) is 2.65. The lowest BCUT2D eigenvalue weighted by molar-refractivity contribution is 0.601. The molecule has 0 aliphatic rings. The van der Waals surface area contributed by atoms with Gasteiger partial charge in [-0.3, -0.25) is 0 Å². The van der Waals surface area contributed by atoms with E-state index in [9.17, 15) is 4.39 Å². The van der Waals surface area contributed by atoms with Gasteiger partial charge in [0, 0.05) is 14.9 Å². The van der Waals surface area contributed by atoms with Crippen LogP contribution in [-0.4, -0.2) is 0 Å². The van der Waals surface area contributed by atoms with Crippen LogP contribution in [0.2, 0.25) is 0 Å². The van der Waals surface area contributed by atoms with E-state index >= 15 is 0 Å². The number of benzene rings is 2. The third-order valence-corrected chi connectivity index (χ3v) is 4.61. The molecule has 0 heterocycles. The number of hydrogen-bond acceptors (Lipinski definition) is 0. The molecule has 2 aromatic carbocycles. The zero-order chi connectivity index (χ0) is 13.1. The maximum Gasteiger partial charge on any atom is 0.141 e. The SMILES string of the molecule is Fc1c(Br)cccc1C(Br)Cc1ccc(Br)cc1. The molecule has 0 radical (unpaired) electrons. The minimum Gasteiger partial charge on any atom is -0.205 e. The van der Waals surface area contributed by atoms with Crippen molar-refractivity contribution in [2.45, 2.75) is 11.2 Å². The van der Waals surface area contributed by atoms with Crippen LogP contribution in [0.3, 0.4) is 0 Å². The van der Waals surface area contributed by atoms with Crippen LogP contribution in [0.25, 0.3) is 0 Å². The second-order valence-corrected chi connectivity index (χ2v) is 6.82. The highest BCUT2D eigenvalue weighted by Gasteiger charge is 2.14. The van der Waals surface area contributed by atoms with Crippen molar-refractivity contribution < 1.29 is 4.39 Å². The second-order valence-electron chi connectivity index (χ2n) is 3.94. The summed E-state index contributed by atoms with van der Waals surface area (Å²) in [6, 6.07) is 13.4. The fourth-order valence-corrected chi connectivity index (χ4v) is 3.07. The van der Waals surface area contributed by atoms with E-state index in [-0.39, 0.29) is 10.6 Å². The molecule has 4 heteroatoms. The lowest BCUT2D eigenvalue weighted by atomic mass is 10.0. The first-order chi connectivity index (χ1) is 8.58. The van der Waals surface area contributed by atoms with Crippen LogP contribution in [0, 0.1) is 5.82 Å². The molecule has 0 bridgehead atoms. The molecule has 0 N–H and O–H groups in total. The van der Waals surface area contributed by atoms with E-state index < -0.39 is 0 Å². The van der Waals surface area contributed by atoms with E-state index in [2.05, 4.69) is 47.8 Å². The third kappa shape index (κ3) is 3.43. The summed E-state index contributed by atoms with van der Waals surface area (Å²) >= 11 is 10.2. The van der Waals surface area contributed by atoms with Gasteiger partial charge in [-0.2, -0.15) is 0 Å². The molecule has 1 unspecified atom stereocenters. The number of rotatable bonds is 3. The quantitative estimate of drug-likeness (QED) is 0.515. The van der Waals surface area contributed by atoms with Crippen molar-refractivity contribution in [1.29, 1.82) is 0 Å². The number of hydrogen-bond donors (Lipinski definition) is 0. The summed E-state index contributed by atoms with van der Waals surface area (Å²) in [7, 11) is 0. The van der Waals surface area contributed by atoms with Crippen LogP contribution in [0.4, 0.5) is 4.39 Å². The molecule has 0 aliphatic heterocycles. The summed E-state index contributed by atoms with van der Waals surface area (Å²) in [5, 5.41) is 0. The van der Waals surface area contributed by atoms with Gasteiger partial charge in [-0.05, 0) is 46.1 Å². The highest BCUT2D eigenvalue weighted by molar-refractivity contribution is 9.10. The van der Waals surface area contributed by atoms with Crippen molar-refractivity contribution >= 4 is 47.8 Å². The van der Waals surface area contributed by atoms with Gasteiger partial charge in [0.15, 0.2) is 0 Å². The minimum absolute atomic E-state index is 0.0313. The van der Waals surface area contributed by atoms with Gasteiger partial charge in [-0.15, -0.1) is 0 Å². The van der Waals surface area contributed by atoms with Crippen molar-refractivity contribution in [2.24, 2.45) is 0 Å². The molecule has 1 atom stereocenters. The first-order valence-corrected chi connectivity index (χ1v) is 7.90. The molecule has 2 aromatic rings. The minimum atomic E-state index is -0.198. The lowest BCUT2D eigenvalue weighted by Crippen LogP contribution is -1.99. The van der Waals surface area contributed by atoms with E-state index in [4.69, 9.17) is 0 Å². The van der Waals surface area contributed by atoms with Gasteiger partial charge in [-0.1, -0.05) is 56.1 Å². The lowest BCUT2D eigenvalue weighted by Gasteiger charge is -2.12. The Hall–Kier alpha value is -0.190. The Bertz CT molecular complexity index is 537. The van der Waals surface area contributed by atoms with Gasteiger partial charge >= 0.3 is 0 Å². The molecule has 0 fully saturated rings. The van der Waals surface area contributed by atoms with E-state index in [1.165, 1.54) is 5.56 Å². The van der Waals surface area contributed by atoms with Gasteiger partial charge in [0.25, 0.3) is 0 Å². The number of halogens is 4. The first kappa shape index (κ1) is 14.2. The predicted molar refractivity (Wildman–Crippen MR) is 83.6 cm³/mol. The van der Waals surface area contributed by atoms with Crippen LogP contribution in [0.15, 0.2) is 51.4 Å². The Morgan fingerprint density at radius 1 is 1.00 bits per heavy atom. The van der Waals surface area contributed by atoms with Crippen molar-refractivity contribution in [3.63, 3.8) is 0 Å². The van der Waals surface area contributed by atoms with E-state index in [1.54, 1.807) is 12.1 Å². The van der Waals surface area contributed by atoms with Crippen LogP contribution >= 0.6 is 47.8 Å². The molecule has 0 aromatic heterocycles. The number of alkyl halides is 1. The monoisotopic (exact) mass is 434 g/mol. The average Bonchev–Trinajstić information content (AvgIpc) is 2.35. The van der Waals surface area contributed by atoms with Gasteiger partial charge in [-0.25, -0.2) is 4.39 Å². The van der Waals surface area contributed by atoms with Crippen molar-refractivity contribution in [2.75, 3.05) is 0 Å². The average molecular weight is 437 g/mol. The van der Waals surface area contributed by atoms with Gasteiger partial charge in [0.1, 0.15) is 5.82 Å². The summed E-state index contributed by atoms with van der Waals surface area (Å²) in [5.41, 5.74) is 1.84. The van der Waals surface area contributed by atoms with Gasteiger partial charge < -0.3 is 0 Å². The first-order valence-electron chi connectivity index (χ1n) is 5.40. The summed E-state index contributed by atoms with van der Waals surface area (Å²) in [4.78, 5) is -0.0313. The molecule has 94 valence electrons. The molecule has 0 spiro atoms. The zero-order valence-corrected chi connectivity index (χ0v) is 14.1. The molecular formula is C14H10Br3F. The summed E-state index contributed by atoms with van der Waals surface area (Å²) < 4.78 is 15.5. The van der Waals surface area contributed by atoms with Crippen LogP contribution in [0.1, 0.15) is 16.0 Å². The van der Waals surface area contributed by atoms with Crippen LogP contribution in [0.5, 0.6) is 0 Å². The smallest absolute Gasteiger partial charge is 0.141 e. The molecule has 0 saturated carbocycles. The molecule has 2 rings (SSSR count). The Morgan fingerprint density at radius 2 is 1.67 bits per heavy atom. The molecule has 18 heavy (non-hydrogen) atoms. The Morgan fingerprint density at radius 3 is 2.33 bits per heavy atom. The highest BCUT2D eigenvalue weighted by atomic mass is 79.9. The van der Waals surface area contributed by atoms with Crippen molar-refractivity contribution in [3.05, 3.63) is 68.4 Å². The van der Waals surface area contributed by atoms with Crippen LogP contribution in [-0.2, 0) is 6.42 Å². The Labute approximate surface area is 131 Å². The molecule has 0 aliphatic carbocycles. The molecule has 0 nitrogen and oxygen atoms in total. The van der Waals surface area contributed by atoms with Crippen molar-refractivity contribution in [3.8, 4) is 0 Å². The standard InChI is InChI=1S/C14H10Br3F/c15-10-6-4-9(5-7-10)8-13(17)11-2-1-3-12(16)14(11)18/h1-7,13H,8H2. The molecule has 0 amide bonds. The molecule has 0 saturated heterocycles. The van der Waals surface area contributed by atoms with E-state index in [1.807, 2.05) is 30.3 Å². The summed E-state index contributed by atoms with van der Waals surface area (Å²) in [6.07, 6.45) is 0.751. The maximum absolute atomic E-state index is 13.9. The summed E-state index contributed by atoms with van der Waals surface area (Å²) in [5.74, 6) is -0.198. The fourth-order valence-electron chi connectivity index (χ4n) is 1.70. The van der Waals surface area contributed by atoms with Gasteiger partial charge in [0.2, 0.25) is 0 Å². The second kappa shape index (κ2) is 6.31. The zero-order valence-electron chi connectivity index (χ0n) is 9.34. The summed E-state index contributed by atoms with van der Waals surface area (Å²) in [6.45, 7) is 0. The van der Waals surface area contributed by atoms with E-state index in [0.29, 0.717) is 10.0 Å². The maximum atomic E-state index is 13.9. The van der Waals surface area contributed by atoms with Gasteiger partial charge in [0.05, 0.1) is 4.47 Å². The normalized spacial score (nSPS) is 12.4. The van der Waals surface area contributed by atoms with E-state index in [0.717, 1.165) is 10.9 Å². The Balaban J connectivity index is 2.19. The Kier molecular flexibility index (Phi) is 4.98.